The number of methoxy groups -OCH3 is 1. The van der Waals surface area contributed by atoms with Crippen LogP contribution in [0, 0.1) is 5.82 Å². The van der Waals surface area contributed by atoms with Crippen molar-refractivity contribution in [3.05, 3.63) is 76.7 Å². The first kappa shape index (κ1) is 18.6. The van der Waals surface area contributed by atoms with E-state index in [0.717, 1.165) is 0 Å². The largest absolute Gasteiger partial charge is 0.465 e. The van der Waals surface area contributed by atoms with Crippen LogP contribution < -0.4 is 10.6 Å². The number of nitrogens with zero attached hydrogens (tertiary/aromatic N) is 2. The summed E-state index contributed by atoms with van der Waals surface area (Å²) in [4.78, 5) is 20.1. The smallest absolute Gasteiger partial charge is 0.337 e. The Bertz CT molecular complexity index is 968. The summed E-state index contributed by atoms with van der Waals surface area (Å²) in [5.74, 6) is 0.0174. The molecule has 0 fully saturated rings. The predicted octanol–water partition coefficient (Wildman–Crippen LogP) is 4.41. The molecule has 3 aromatic rings. The lowest BCUT2D eigenvalue weighted by atomic mass is 10.2. The Morgan fingerprint density at radius 3 is 2.81 bits per heavy atom. The Balaban J connectivity index is 1.74. The van der Waals surface area contributed by atoms with Gasteiger partial charge in [0.1, 0.15) is 11.6 Å². The summed E-state index contributed by atoms with van der Waals surface area (Å²) in [6, 6.07) is 12.9. The molecular formula is C19H16ClFN4O2. The van der Waals surface area contributed by atoms with Gasteiger partial charge >= 0.3 is 5.97 Å². The van der Waals surface area contributed by atoms with Crippen LogP contribution in [0.25, 0.3) is 0 Å². The summed E-state index contributed by atoms with van der Waals surface area (Å²) in [5, 5.41) is 6.43. The molecule has 0 atom stereocenters. The van der Waals surface area contributed by atoms with Crippen molar-refractivity contribution in [2.45, 2.75) is 6.54 Å². The molecule has 0 aliphatic rings. The quantitative estimate of drug-likeness (QED) is 0.611. The molecule has 27 heavy (non-hydrogen) atoms. The molecule has 6 nitrogen and oxygen atoms in total. The van der Waals surface area contributed by atoms with Crippen LogP contribution in [-0.2, 0) is 11.3 Å². The number of rotatable bonds is 6. The van der Waals surface area contributed by atoms with Gasteiger partial charge < -0.3 is 15.4 Å². The van der Waals surface area contributed by atoms with Crippen LogP contribution in [0.2, 0.25) is 5.02 Å². The van der Waals surface area contributed by atoms with Crippen LogP contribution in [0.4, 0.5) is 21.8 Å². The summed E-state index contributed by atoms with van der Waals surface area (Å²) in [6.07, 6.45) is 1.55. The Labute approximate surface area is 160 Å². The highest BCUT2D eigenvalue weighted by molar-refractivity contribution is 6.33. The van der Waals surface area contributed by atoms with Gasteiger partial charge in [-0.1, -0.05) is 29.8 Å². The molecule has 2 N–H and O–H groups in total. The van der Waals surface area contributed by atoms with E-state index in [9.17, 15) is 9.18 Å². The van der Waals surface area contributed by atoms with Gasteiger partial charge in [-0.05, 0) is 30.3 Å². The van der Waals surface area contributed by atoms with Crippen molar-refractivity contribution in [1.29, 1.82) is 0 Å². The van der Waals surface area contributed by atoms with Gasteiger partial charge in [-0.2, -0.15) is 4.98 Å². The zero-order valence-corrected chi connectivity index (χ0v) is 15.1. The second-order valence-corrected chi connectivity index (χ2v) is 5.93. The van der Waals surface area contributed by atoms with Crippen LogP contribution in [0.1, 0.15) is 15.9 Å². The fraction of sp³-hybridized carbons (Fsp3) is 0.105. The summed E-state index contributed by atoms with van der Waals surface area (Å²) in [7, 11) is 1.31. The van der Waals surface area contributed by atoms with Gasteiger partial charge in [0.2, 0.25) is 5.95 Å². The van der Waals surface area contributed by atoms with Crippen molar-refractivity contribution in [1.82, 2.24) is 9.97 Å². The first-order chi connectivity index (χ1) is 13.1. The van der Waals surface area contributed by atoms with Gasteiger partial charge in [-0.3, -0.25) is 0 Å². The monoisotopic (exact) mass is 386 g/mol. The van der Waals surface area contributed by atoms with Crippen LogP contribution in [0.5, 0.6) is 0 Å². The number of hydrogen-bond acceptors (Lipinski definition) is 6. The Morgan fingerprint density at radius 1 is 1.22 bits per heavy atom. The maximum atomic E-state index is 13.7. The highest BCUT2D eigenvalue weighted by Gasteiger charge is 2.10. The second kappa shape index (κ2) is 8.46. The van der Waals surface area contributed by atoms with Gasteiger partial charge in [0.25, 0.3) is 0 Å². The number of esters is 1. The Kier molecular flexibility index (Phi) is 5.83. The third-order valence-corrected chi connectivity index (χ3v) is 4.03. The molecule has 0 saturated carbocycles. The molecule has 1 aromatic heterocycles. The number of anilines is 3. The van der Waals surface area contributed by atoms with Crippen molar-refractivity contribution in [2.75, 3.05) is 17.7 Å². The normalized spacial score (nSPS) is 10.3. The van der Waals surface area contributed by atoms with E-state index in [-0.39, 0.29) is 12.4 Å². The molecule has 0 aliphatic heterocycles. The fourth-order valence-electron chi connectivity index (χ4n) is 2.33. The molecule has 8 heteroatoms. The minimum absolute atomic E-state index is 0.245. The number of nitrogens with one attached hydrogen (secondary N) is 2. The van der Waals surface area contributed by atoms with Crippen molar-refractivity contribution in [3.63, 3.8) is 0 Å². The van der Waals surface area contributed by atoms with E-state index >= 15 is 0 Å². The lowest BCUT2D eigenvalue weighted by Gasteiger charge is -2.11. The summed E-state index contributed by atoms with van der Waals surface area (Å²) < 4.78 is 18.4. The average Bonchev–Trinajstić information content (AvgIpc) is 2.69. The Morgan fingerprint density at radius 2 is 2.04 bits per heavy atom. The number of hydrogen-bond donors (Lipinski definition) is 2. The van der Waals surface area contributed by atoms with Gasteiger partial charge in [0.05, 0.1) is 23.4 Å². The highest BCUT2D eigenvalue weighted by atomic mass is 35.5. The topological polar surface area (TPSA) is 76.1 Å². The number of benzene rings is 2. The molecule has 0 bridgehead atoms. The number of aromatic nitrogens is 2. The second-order valence-electron chi connectivity index (χ2n) is 5.52. The average molecular weight is 387 g/mol. The van der Waals surface area contributed by atoms with E-state index in [1.54, 1.807) is 48.7 Å². The van der Waals surface area contributed by atoms with E-state index in [1.807, 2.05) is 0 Å². The maximum absolute atomic E-state index is 13.7. The zero-order chi connectivity index (χ0) is 19.2. The SMILES string of the molecule is COC(=O)c1ccc(Cl)c(Nc2ccnc(NCc3ccccc3F)n2)c1. The molecule has 1 heterocycles. The molecule has 2 aromatic carbocycles. The van der Waals surface area contributed by atoms with Crippen molar-refractivity contribution in [2.24, 2.45) is 0 Å². The predicted molar refractivity (Wildman–Crippen MR) is 102 cm³/mol. The van der Waals surface area contributed by atoms with E-state index in [0.29, 0.717) is 33.6 Å². The van der Waals surface area contributed by atoms with Gasteiger partial charge in [-0.15, -0.1) is 0 Å². The lowest BCUT2D eigenvalue weighted by molar-refractivity contribution is 0.0601. The van der Waals surface area contributed by atoms with Crippen LogP contribution in [-0.4, -0.2) is 23.0 Å². The first-order valence-corrected chi connectivity index (χ1v) is 8.40. The van der Waals surface area contributed by atoms with E-state index in [1.165, 1.54) is 13.2 Å². The van der Waals surface area contributed by atoms with E-state index in [2.05, 4.69) is 20.6 Å². The van der Waals surface area contributed by atoms with E-state index < -0.39 is 5.97 Å². The molecule has 0 amide bonds. The summed E-state index contributed by atoms with van der Waals surface area (Å²) >= 11 is 6.18. The molecule has 0 spiro atoms. The number of carbonyl (C=O) groups is 1. The Hall–Kier alpha value is -3.19. The maximum Gasteiger partial charge on any atom is 0.337 e. The number of halogens is 2. The van der Waals surface area contributed by atoms with Crippen LogP contribution in [0.3, 0.4) is 0 Å². The van der Waals surface area contributed by atoms with Gasteiger partial charge in [0, 0.05) is 18.3 Å². The fourth-order valence-corrected chi connectivity index (χ4v) is 2.50. The lowest BCUT2D eigenvalue weighted by Crippen LogP contribution is -2.06. The third-order valence-electron chi connectivity index (χ3n) is 3.70. The standard InChI is InChI=1S/C19H16ClFN4O2/c1-27-18(26)12-6-7-14(20)16(10-12)24-17-8-9-22-19(25-17)23-11-13-4-2-3-5-15(13)21/h2-10H,11H2,1H3,(H2,22,23,24,25). The molecule has 0 unspecified atom stereocenters. The van der Waals surface area contributed by atoms with Crippen LogP contribution >= 0.6 is 11.6 Å². The van der Waals surface area contributed by atoms with Crippen molar-refractivity contribution >= 4 is 35.0 Å². The number of ether oxygens (including phenoxy) is 1. The van der Waals surface area contributed by atoms with Crippen molar-refractivity contribution in [3.8, 4) is 0 Å². The highest BCUT2D eigenvalue weighted by Crippen LogP contribution is 2.26. The minimum atomic E-state index is -0.468. The van der Waals surface area contributed by atoms with Gasteiger partial charge in [-0.25, -0.2) is 14.2 Å². The van der Waals surface area contributed by atoms with Crippen LogP contribution in [0.15, 0.2) is 54.7 Å². The van der Waals surface area contributed by atoms with Gasteiger partial charge in [0.15, 0.2) is 0 Å². The molecule has 138 valence electrons. The summed E-state index contributed by atoms with van der Waals surface area (Å²) in [6.45, 7) is 0.245. The molecular weight excluding hydrogens is 371 g/mol. The van der Waals surface area contributed by atoms with Crippen molar-refractivity contribution < 1.29 is 13.9 Å². The first-order valence-electron chi connectivity index (χ1n) is 8.02. The minimum Gasteiger partial charge on any atom is -0.465 e. The number of carbonyl (C=O) groups excluding carboxylic acids is 1. The summed E-state index contributed by atoms with van der Waals surface area (Å²) in [5.41, 5.74) is 1.36. The molecule has 0 aliphatic carbocycles. The molecule has 0 saturated heterocycles. The third kappa shape index (κ3) is 4.71. The van der Waals surface area contributed by atoms with E-state index in [4.69, 9.17) is 16.3 Å². The molecule has 0 radical (unpaired) electrons. The zero-order valence-electron chi connectivity index (χ0n) is 14.4. The molecule has 3 rings (SSSR count).